The molecule has 6 aromatic carbocycles. The largest absolute Gasteiger partial charge is 0.384 e. The van der Waals surface area contributed by atoms with Crippen LogP contribution in [0, 0.1) is 54.1 Å². The van der Waals surface area contributed by atoms with Crippen LogP contribution in [0.25, 0.3) is 0 Å². The van der Waals surface area contributed by atoms with Crippen molar-refractivity contribution >= 4 is 181 Å². The van der Waals surface area contributed by atoms with Crippen LogP contribution in [-0.2, 0) is 32.5 Å². The highest BCUT2D eigenvalue weighted by Crippen LogP contribution is 2.44. The first-order valence-corrected chi connectivity index (χ1v) is 52.3. The van der Waals surface area contributed by atoms with Crippen molar-refractivity contribution < 1.29 is 0 Å². The number of nitrogens with one attached hydrogen (secondary N) is 1. The monoisotopic (exact) mass is 1940 g/mol. The quantitative estimate of drug-likeness (QED) is 0.0291. The molecular weight excluding hydrogens is 1770 g/mol. The molecule has 12 nitrogen and oxygen atoms in total. The van der Waals surface area contributed by atoms with Gasteiger partial charge in [-0.1, -0.05) is 327 Å². The fourth-order valence-corrected chi connectivity index (χ4v) is 21.3. The van der Waals surface area contributed by atoms with Gasteiger partial charge in [0, 0.05) is 108 Å². The Hall–Kier alpha value is -1.92. The van der Waals surface area contributed by atoms with E-state index in [4.69, 9.17) is 147 Å². The molecule has 6 rings (SSSR count). The second kappa shape index (κ2) is 57.7. The van der Waals surface area contributed by atoms with E-state index in [9.17, 15) is 0 Å². The zero-order valence-electron chi connectivity index (χ0n) is 85.8. The van der Waals surface area contributed by atoms with E-state index < -0.39 is 0 Å². The van der Waals surface area contributed by atoms with E-state index >= 15 is 0 Å². The molecular formula is C101H178N12S12. The minimum Gasteiger partial charge on any atom is -0.384 e. The highest BCUT2D eigenvalue weighted by atomic mass is 32.1. The smallest absolute Gasteiger partial charge is 0.0798 e. The van der Waals surface area contributed by atoms with E-state index in [2.05, 4.69) is 303 Å². The molecule has 6 aromatic rings. The third-order valence-electron chi connectivity index (χ3n) is 23.4. The molecule has 1 N–H and O–H groups in total. The highest BCUT2D eigenvalue weighted by molar-refractivity contribution is 7.75. The predicted molar refractivity (Wildman–Crippen MR) is 592 cm³/mol. The Morgan fingerprint density at radius 2 is 0.432 bits per heavy atom. The van der Waals surface area contributed by atoms with Crippen molar-refractivity contribution in [2.45, 2.75) is 315 Å². The molecule has 0 aliphatic heterocycles. The summed E-state index contributed by atoms with van der Waals surface area (Å²) in [7, 11) is 19.3. The fourth-order valence-electron chi connectivity index (χ4n) is 16.2. The summed E-state index contributed by atoms with van der Waals surface area (Å²) in [6.07, 6.45) is 19.5. The van der Waals surface area contributed by atoms with Crippen molar-refractivity contribution in [1.29, 1.82) is 0 Å². The van der Waals surface area contributed by atoms with Crippen LogP contribution in [-0.4, -0.2) is 224 Å². The molecule has 0 unspecified atom stereocenters. The number of hydrogen-bond acceptors (Lipinski definition) is 24. The summed E-state index contributed by atoms with van der Waals surface area (Å²) in [4.78, 5) is 26.1. The number of anilines is 6. The SMILES string of the molecule is CCCN(C)CCCCN(C)c1c(C(C)(C)C)c(=S)c1=S.CCCN(CC)CCCCN(C)c1c(C(C)(C)C)c(=S)c1=S.CCCN(CCC)CCCCNc1c(C(C)(C)C)c(=S)c1=S.CCN(C)CCCCN(C)c1c(C(C)(C)C)c(=S)c1=S.CCN(CC)CCCCN(C)c1c(C(C)(C)C)c(=S)c1=S.CN(C)CCCCN(C)c1c(C(C)(C)C)c(=S)c1=S. The van der Waals surface area contributed by atoms with Crippen LogP contribution in [0.15, 0.2) is 0 Å². The molecule has 0 radical (unpaired) electrons. The molecule has 0 saturated heterocycles. The summed E-state index contributed by atoms with van der Waals surface area (Å²) in [6, 6.07) is 0. The maximum atomic E-state index is 5.47. The summed E-state index contributed by atoms with van der Waals surface area (Å²) in [5.74, 6) is 0. The van der Waals surface area contributed by atoms with E-state index in [1.54, 1.807) is 0 Å². The van der Waals surface area contributed by atoms with Gasteiger partial charge in [0.05, 0.1) is 88.2 Å². The molecule has 714 valence electrons. The van der Waals surface area contributed by atoms with Crippen LogP contribution in [0.2, 0.25) is 0 Å². The Morgan fingerprint density at radius 1 is 0.208 bits per heavy atom. The lowest BCUT2D eigenvalue weighted by Crippen LogP contribution is -2.29. The number of hydrogen-bond donors (Lipinski definition) is 1. The average Bonchev–Trinajstić information content (AvgIpc) is 0.544. The molecule has 0 bridgehead atoms. The molecule has 0 amide bonds. The van der Waals surface area contributed by atoms with Gasteiger partial charge in [-0.05, 0) is 255 Å². The molecule has 0 aromatic heterocycles. The Kier molecular flexibility index (Phi) is 55.9. The Morgan fingerprint density at radius 3 is 0.688 bits per heavy atom. The summed E-state index contributed by atoms with van der Waals surface area (Å²) in [5, 5.41) is 3.53. The van der Waals surface area contributed by atoms with Gasteiger partial charge in [0.25, 0.3) is 0 Å². The van der Waals surface area contributed by atoms with Crippen molar-refractivity contribution in [2.24, 2.45) is 0 Å². The molecule has 0 saturated carbocycles. The van der Waals surface area contributed by atoms with Crippen LogP contribution < -0.4 is 29.8 Å². The van der Waals surface area contributed by atoms with Crippen LogP contribution in [0.4, 0.5) is 34.1 Å². The zero-order chi connectivity index (χ0) is 96.4. The second-order valence-electron chi connectivity index (χ2n) is 41.4. The van der Waals surface area contributed by atoms with E-state index in [1.165, 1.54) is 223 Å². The van der Waals surface area contributed by atoms with Crippen LogP contribution in [0.1, 0.15) is 316 Å². The minimum absolute atomic E-state index is 0.0841. The fraction of sp³-hybridized carbons (Fsp3) is 0.762. The lowest BCUT2D eigenvalue weighted by Gasteiger charge is -2.32. The van der Waals surface area contributed by atoms with Crippen molar-refractivity contribution in [2.75, 3.05) is 224 Å². The summed E-state index contributed by atoms with van der Waals surface area (Å²) in [5.41, 5.74) is 15.3. The first-order valence-electron chi connectivity index (χ1n) is 47.4. The Bertz CT molecular complexity index is 4580. The average molecular weight is 1950 g/mol. The van der Waals surface area contributed by atoms with Gasteiger partial charge < -0.3 is 59.2 Å². The first kappa shape index (κ1) is 121. The van der Waals surface area contributed by atoms with E-state index in [0.29, 0.717) is 0 Å². The van der Waals surface area contributed by atoms with Crippen molar-refractivity contribution in [3.05, 3.63) is 87.5 Å². The maximum absolute atomic E-state index is 5.47. The summed E-state index contributed by atoms with van der Waals surface area (Å²) >= 11 is 65.2. The van der Waals surface area contributed by atoms with Crippen LogP contribution in [0.5, 0.6) is 0 Å². The molecule has 24 heteroatoms. The Labute approximate surface area is 829 Å². The topological polar surface area (TPSA) is 47.7 Å². The lowest BCUT2D eigenvalue weighted by atomic mass is 9.83. The first-order chi connectivity index (χ1) is 57.8. The third kappa shape index (κ3) is 38.8. The molecule has 0 fully saturated rings. The second-order valence-corrected chi connectivity index (χ2v) is 46.3. The van der Waals surface area contributed by atoms with Crippen molar-refractivity contribution in [1.82, 2.24) is 29.4 Å². The summed E-state index contributed by atoms with van der Waals surface area (Å²) < 4.78 is 10.7. The van der Waals surface area contributed by atoms with Gasteiger partial charge in [0.1, 0.15) is 0 Å². The maximum Gasteiger partial charge on any atom is 0.0798 e. The molecule has 0 aliphatic carbocycles. The summed E-state index contributed by atoms with van der Waals surface area (Å²) in [6.45, 7) is 80.4. The van der Waals surface area contributed by atoms with E-state index in [-0.39, 0.29) is 32.5 Å². The standard InChI is InChI=1S/2C18H32N2S2.2C17H30N2S2.C16H28N2S2.C15H26N2S2/c1-7-11-20(8-2)13-10-9-12-19(6)15-14(18(3,4)5)16(21)17(15)22;1-6-11-20(12-7-2)13-9-8-10-19-15-14(18(3,4)5)16(21)17(15)22;1-7-10-18(5)11-8-9-12-19(6)14-13(17(2,3)4)15(20)16(14)21;1-7-19(8-2)12-10-9-11-18(6)14-13(17(3,4)5)15(20)16(14)21;1-7-17(5)10-8-9-11-18(6)13-12(16(2,3)4)14(19)15(13)20;1-15(2,3)11-12(14(19)13(11)18)17(6)10-8-7-9-16(4)5/h7-13H2,1-6H3;19H,6-13H2,1-5H3;2*7-12H2,1-6H3;7-11H2,1-6H3;7-10H2,1-6H3. The van der Waals surface area contributed by atoms with Gasteiger partial charge in [0.15, 0.2) is 0 Å². The normalized spacial score (nSPS) is 12.3. The minimum atomic E-state index is 0.0841. The zero-order valence-corrected chi connectivity index (χ0v) is 95.6. The lowest BCUT2D eigenvalue weighted by molar-refractivity contribution is 0.270. The van der Waals surface area contributed by atoms with Gasteiger partial charge >= 0.3 is 0 Å². The molecule has 0 heterocycles. The molecule has 0 aliphatic rings. The van der Waals surface area contributed by atoms with Crippen molar-refractivity contribution in [3.63, 3.8) is 0 Å². The highest BCUT2D eigenvalue weighted by Gasteiger charge is 2.33. The van der Waals surface area contributed by atoms with Crippen molar-refractivity contribution in [3.8, 4) is 0 Å². The molecule has 125 heavy (non-hydrogen) atoms. The predicted octanol–water partition coefficient (Wildman–Crippen LogP) is 29.2. The van der Waals surface area contributed by atoms with Gasteiger partial charge in [-0.3, -0.25) is 0 Å². The van der Waals surface area contributed by atoms with Gasteiger partial charge in [-0.25, -0.2) is 0 Å². The number of rotatable bonds is 48. The van der Waals surface area contributed by atoms with Gasteiger partial charge in [0.2, 0.25) is 0 Å². The Balaban J connectivity index is 0.000000750. The van der Waals surface area contributed by atoms with Crippen LogP contribution in [0.3, 0.4) is 0 Å². The molecule has 0 spiro atoms. The van der Waals surface area contributed by atoms with Gasteiger partial charge in [-0.2, -0.15) is 0 Å². The third-order valence-corrected chi connectivity index (χ3v) is 29.0. The van der Waals surface area contributed by atoms with Crippen LogP contribution >= 0.6 is 147 Å². The van der Waals surface area contributed by atoms with E-state index in [0.717, 1.165) is 132 Å². The number of unbranched alkanes of at least 4 members (excludes halogenated alkanes) is 6. The van der Waals surface area contributed by atoms with Gasteiger partial charge in [-0.15, -0.1) is 0 Å². The van der Waals surface area contributed by atoms with E-state index in [1.807, 2.05) is 0 Å². The molecule has 0 atom stereocenters. The number of nitrogens with zero attached hydrogens (tertiary/aromatic N) is 11.